The van der Waals surface area contributed by atoms with Gasteiger partial charge in [-0.1, -0.05) is 0 Å². The Balaban J connectivity index is 2.16. The molecule has 17 heavy (non-hydrogen) atoms. The highest BCUT2D eigenvalue weighted by molar-refractivity contribution is 14.1. The van der Waals surface area contributed by atoms with Crippen LogP contribution < -0.4 is 5.32 Å². The Morgan fingerprint density at radius 3 is 2.76 bits per heavy atom. The van der Waals surface area contributed by atoms with Gasteiger partial charge in [-0.05, 0) is 59.1 Å². The number of halogens is 1. The van der Waals surface area contributed by atoms with Crippen LogP contribution in [-0.2, 0) is 0 Å². The van der Waals surface area contributed by atoms with Crippen molar-refractivity contribution in [3.63, 3.8) is 0 Å². The lowest BCUT2D eigenvalue weighted by molar-refractivity contribution is -0.384. The van der Waals surface area contributed by atoms with E-state index in [9.17, 15) is 10.1 Å². The van der Waals surface area contributed by atoms with E-state index in [1.807, 2.05) is 23.9 Å². The Labute approximate surface area is 118 Å². The van der Waals surface area contributed by atoms with Gasteiger partial charge in [0.2, 0.25) is 0 Å². The summed E-state index contributed by atoms with van der Waals surface area (Å²) < 4.78 is 0.888. The van der Waals surface area contributed by atoms with Crippen molar-refractivity contribution in [2.45, 2.75) is 18.9 Å². The number of rotatable bonds is 3. The molecule has 0 aromatic heterocycles. The molecule has 0 radical (unpaired) electrons. The summed E-state index contributed by atoms with van der Waals surface area (Å²) >= 11 is 4.04. The molecule has 0 bridgehead atoms. The molecule has 0 spiro atoms. The highest BCUT2D eigenvalue weighted by Gasteiger charge is 2.19. The smallest absolute Gasteiger partial charge is 0.293 e. The van der Waals surface area contributed by atoms with Crippen LogP contribution >= 0.6 is 34.4 Å². The molecule has 0 aliphatic carbocycles. The van der Waals surface area contributed by atoms with Crippen LogP contribution in [-0.4, -0.2) is 22.5 Å². The zero-order valence-electron chi connectivity index (χ0n) is 9.19. The fourth-order valence-corrected chi connectivity index (χ4v) is 3.42. The van der Waals surface area contributed by atoms with E-state index in [0.29, 0.717) is 11.7 Å². The Bertz CT molecular complexity index is 422. The molecule has 2 rings (SSSR count). The van der Waals surface area contributed by atoms with Crippen LogP contribution in [0.4, 0.5) is 11.4 Å². The third-order valence-electron chi connectivity index (χ3n) is 2.74. The van der Waals surface area contributed by atoms with Crippen molar-refractivity contribution in [1.29, 1.82) is 0 Å². The minimum atomic E-state index is -0.317. The van der Waals surface area contributed by atoms with Crippen LogP contribution in [0.2, 0.25) is 0 Å². The second kappa shape index (κ2) is 5.90. The Morgan fingerprint density at radius 2 is 2.12 bits per heavy atom. The maximum atomic E-state index is 11.0. The van der Waals surface area contributed by atoms with E-state index in [2.05, 4.69) is 27.9 Å². The average molecular weight is 364 g/mol. The lowest BCUT2D eigenvalue weighted by Crippen LogP contribution is -2.24. The minimum Gasteiger partial charge on any atom is -0.377 e. The summed E-state index contributed by atoms with van der Waals surface area (Å²) in [6, 6.07) is 5.69. The molecular weight excluding hydrogens is 351 g/mol. The summed E-state index contributed by atoms with van der Waals surface area (Å²) in [7, 11) is 0. The van der Waals surface area contributed by atoms with E-state index in [0.717, 1.165) is 27.9 Å². The zero-order chi connectivity index (χ0) is 12.3. The summed E-state index contributed by atoms with van der Waals surface area (Å²) in [6.07, 6.45) is 2.15. The van der Waals surface area contributed by atoms with Gasteiger partial charge < -0.3 is 5.32 Å². The summed E-state index contributed by atoms with van der Waals surface area (Å²) in [4.78, 5) is 10.7. The Morgan fingerprint density at radius 1 is 1.41 bits per heavy atom. The highest BCUT2D eigenvalue weighted by atomic mass is 127. The molecule has 4 nitrogen and oxygen atoms in total. The van der Waals surface area contributed by atoms with Gasteiger partial charge in [-0.15, -0.1) is 0 Å². The van der Waals surface area contributed by atoms with E-state index < -0.39 is 0 Å². The second-order valence-corrected chi connectivity index (χ2v) is 6.42. The molecular formula is C11H13IN2O2S. The fourth-order valence-electron chi connectivity index (χ4n) is 1.84. The maximum absolute atomic E-state index is 11.0. The minimum absolute atomic E-state index is 0.176. The number of nitro groups is 1. The van der Waals surface area contributed by atoms with Gasteiger partial charge in [-0.3, -0.25) is 10.1 Å². The van der Waals surface area contributed by atoms with E-state index in [1.54, 1.807) is 6.07 Å². The number of benzene rings is 1. The molecule has 6 heteroatoms. The Hall–Kier alpha value is -0.500. The first kappa shape index (κ1) is 12.9. The van der Waals surface area contributed by atoms with Crippen molar-refractivity contribution in [3.8, 4) is 0 Å². The maximum Gasteiger partial charge on any atom is 0.293 e. The third kappa shape index (κ3) is 3.48. The number of nitro benzene ring substituents is 1. The first-order valence-electron chi connectivity index (χ1n) is 5.45. The van der Waals surface area contributed by atoms with E-state index in [-0.39, 0.29) is 10.6 Å². The molecule has 1 fully saturated rings. The molecule has 0 unspecified atom stereocenters. The zero-order valence-corrected chi connectivity index (χ0v) is 12.2. The van der Waals surface area contributed by atoms with Crippen molar-refractivity contribution >= 4 is 45.7 Å². The molecule has 1 heterocycles. The number of nitrogens with one attached hydrogen (secondary N) is 1. The molecule has 1 N–H and O–H groups in total. The first-order chi connectivity index (χ1) is 8.16. The number of thioether (sulfide) groups is 1. The van der Waals surface area contributed by atoms with Gasteiger partial charge in [0, 0.05) is 15.7 Å². The molecule has 1 saturated heterocycles. The second-order valence-electron chi connectivity index (χ2n) is 3.95. The quantitative estimate of drug-likeness (QED) is 0.507. The molecule has 1 aromatic rings. The van der Waals surface area contributed by atoms with Crippen molar-refractivity contribution in [3.05, 3.63) is 31.9 Å². The topological polar surface area (TPSA) is 55.2 Å². The van der Waals surface area contributed by atoms with Gasteiger partial charge in [-0.25, -0.2) is 0 Å². The lowest BCUT2D eigenvalue weighted by Gasteiger charge is -2.23. The number of hydrogen-bond acceptors (Lipinski definition) is 4. The van der Waals surface area contributed by atoms with Crippen LogP contribution in [0.15, 0.2) is 18.2 Å². The monoisotopic (exact) mass is 364 g/mol. The van der Waals surface area contributed by atoms with E-state index in [1.165, 1.54) is 0 Å². The van der Waals surface area contributed by atoms with Crippen LogP contribution in [0.1, 0.15) is 12.8 Å². The standard InChI is InChI=1S/C11H13IN2O2S/c12-8-1-2-10(11(7-8)14(15)16)13-9-3-5-17-6-4-9/h1-2,7,9,13H,3-6H2. The van der Waals surface area contributed by atoms with Crippen molar-refractivity contribution in [2.75, 3.05) is 16.8 Å². The Kier molecular flexibility index (Phi) is 4.49. The third-order valence-corrected chi connectivity index (χ3v) is 4.46. The molecule has 0 atom stereocenters. The molecule has 0 saturated carbocycles. The van der Waals surface area contributed by atoms with Crippen LogP contribution in [0.5, 0.6) is 0 Å². The van der Waals surface area contributed by atoms with Gasteiger partial charge in [0.25, 0.3) is 5.69 Å². The number of anilines is 1. The largest absolute Gasteiger partial charge is 0.377 e. The van der Waals surface area contributed by atoms with Crippen molar-refractivity contribution < 1.29 is 4.92 Å². The SMILES string of the molecule is O=[N+]([O-])c1cc(I)ccc1NC1CCSCC1. The highest BCUT2D eigenvalue weighted by Crippen LogP contribution is 2.29. The molecule has 1 aromatic carbocycles. The van der Waals surface area contributed by atoms with Gasteiger partial charge >= 0.3 is 0 Å². The van der Waals surface area contributed by atoms with Crippen LogP contribution in [0, 0.1) is 13.7 Å². The summed E-state index contributed by atoms with van der Waals surface area (Å²) in [6.45, 7) is 0. The predicted octanol–water partition coefficient (Wildman–Crippen LogP) is 3.51. The van der Waals surface area contributed by atoms with Crippen molar-refractivity contribution in [1.82, 2.24) is 0 Å². The van der Waals surface area contributed by atoms with Crippen molar-refractivity contribution in [2.24, 2.45) is 0 Å². The van der Waals surface area contributed by atoms with Gasteiger partial charge in [0.05, 0.1) is 4.92 Å². The number of hydrogen-bond donors (Lipinski definition) is 1. The summed E-state index contributed by atoms with van der Waals surface area (Å²) in [5, 5.41) is 14.3. The van der Waals surface area contributed by atoms with E-state index >= 15 is 0 Å². The van der Waals surface area contributed by atoms with Gasteiger partial charge in [0.1, 0.15) is 5.69 Å². The molecule has 92 valence electrons. The summed E-state index contributed by atoms with van der Waals surface area (Å²) in [5.74, 6) is 2.27. The fraction of sp³-hybridized carbons (Fsp3) is 0.455. The van der Waals surface area contributed by atoms with Gasteiger partial charge in [-0.2, -0.15) is 11.8 Å². The van der Waals surface area contributed by atoms with Gasteiger partial charge in [0.15, 0.2) is 0 Å². The normalized spacial score (nSPS) is 16.8. The van der Waals surface area contributed by atoms with E-state index in [4.69, 9.17) is 0 Å². The molecule has 0 amide bonds. The van der Waals surface area contributed by atoms with Crippen LogP contribution in [0.25, 0.3) is 0 Å². The molecule has 1 aliphatic rings. The predicted molar refractivity (Wildman–Crippen MR) is 79.8 cm³/mol. The van der Waals surface area contributed by atoms with Crippen LogP contribution in [0.3, 0.4) is 0 Å². The first-order valence-corrected chi connectivity index (χ1v) is 7.68. The molecule has 1 aliphatic heterocycles. The summed E-state index contributed by atoms with van der Waals surface area (Å²) in [5.41, 5.74) is 0.822. The number of nitrogens with zero attached hydrogens (tertiary/aromatic N) is 1. The average Bonchev–Trinajstić information content (AvgIpc) is 2.32. The lowest BCUT2D eigenvalue weighted by atomic mass is 10.1.